The molecule has 0 radical (unpaired) electrons. The topological polar surface area (TPSA) is 0 Å². The summed E-state index contributed by atoms with van der Waals surface area (Å²) >= 11 is 8.80. The number of hydrogen-bond donors (Lipinski definition) is 0. The fourth-order valence-corrected chi connectivity index (χ4v) is 14.4. The zero-order valence-electron chi connectivity index (χ0n) is 15.9. The van der Waals surface area contributed by atoms with Gasteiger partial charge in [-0.3, -0.25) is 0 Å². The Morgan fingerprint density at radius 2 is 1.77 bits per heavy atom. The van der Waals surface area contributed by atoms with Crippen LogP contribution in [-0.2, 0) is 24.7 Å². The Morgan fingerprint density at radius 1 is 1.12 bits per heavy atom. The van der Waals surface area contributed by atoms with E-state index in [1.165, 1.54) is 34.7 Å². The zero-order valence-corrected chi connectivity index (χ0v) is 21.7. The maximum atomic E-state index is 7.20. The Labute approximate surface area is 190 Å². The summed E-state index contributed by atoms with van der Waals surface area (Å²) in [6.45, 7) is 11.5. The molecule has 1 aliphatic heterocycles. The zero-order chi connectivity index (χ0) is 17.4. The molecule has 0 fully saturated rings. The third kappa shape index (κ3) is 2.86. The Balaban J connectivity index is 0.00000121. The molecule has 0 aromatic heterocycles. The van der Waals surface area contributed by atoms with Crippen molar-refractivity contribution in [3.8, 4) is 0 Å². The van der Waals surface area contributed by atoms with Gasteiger partial charge in [0.25, 0.3) is 0 Å². The molecule has 0 amide bonds. The number of benzene rings is 1. The first kappa shape index (κ1) is 22.7. The van der Waals surface area contributed by atoms with Gasteiger partial charge in [-0.1, -0.05) is 0 Å². The van der Waals surface area contributed by atoms with E-state index in [0.717, 1.165) is 0 Å². The standard InChI is InChI=1S/C21H24ClSi.2ClH.Zr/c1-6-10-23(22)18-11-16-8-7-9-17(20(16)21(18)23)19-14(4)12(2)13(3)15(19)5;;;/h7-9,11,14H,6,10H2,1-5H3;2*1H;/q;;;+2/p-2. The van der Waals surface area contributed by atoms with Crippen LogP contribution in [0.15, 0.2) is 40.1 Å². The predicted molar refractivity (Wildman–Crippen MR) is 103 cm³/mol. The number of allylic oxidation sites excluding steroid dienone is 5. The number of hydrogen-bond acceptors (Lipinski definition) is 0. The quantitative estimate of drug-likeness (QED) is 0.418. The van der Waals surface area contributed by atoms with Crippen LogP contribution < -0.4 is 24.8 Å². The van der Waals surface area contributed by atoms with Gasteiger partial charge < -0.3 is 24.8 Å². The molecule has 0 N–H and O–H groups in total. The SMILES string of the molecule is CCC[Si]1(Cl)C2=C1[CH]([Zr+2])c1cccc(C3=C(C)C(C)=C(C)C3C)c12.[Cl-].[Cl-]. The van der Waals surface area contributed by atoms with Crippen LogP contribution in [0.1, 0.15) is 61.4 Å². The fourth-order valence-electron chi connectivity index (χ4n) is 4.90. The van der Waals surface area contributed by atoms with Gasteiger partial charge in [-0.2, -0.15) is 0 Å². The van der Waals surface area contributed by atoms with Crippen molar-refractivity contribution < 1.29 is 49.5 Å². The third-order valence-corrected chi connectivity index (χ3v) is 14.1. The van der Waals surface area contributed by atoms with Gasteiger partial charge in [0, 0.05) is 0 Å². The molecule has 3 atom stereocenters. The van der Waals surface area contributed by atoms with Crippen LogP contribution in [0, 0.1) is 5.92 Å². The molecule has 2 aliphatic carbocycles. The van der Waals surface area contributed by atoms with Gasteiger partial charge in [0.1, 0.15) is 0 Å². The van der Waals surface area contributed by atoms with Crippen molar-refractivity contribution in [2.45, 2.75) is 50.7 Å². The summed E-state index contributed by atoms with van der Waals surface area (Å²) < 4.78 is 0.630. The van der Waals surface area contributed by atoms with Gasteiger partial charge in [0.2, 0.25) is 0 Å². The molecule has 1 aromatic rings. The number of fused-ring (bicyclic) bond motifs is 2. The first-order valence-corrected chi connectivity index (χ1v) is 13.7. The van der Waals surface area contributed by atoms with E-state index >= 15 is 0 Å². The Kier molecular flexibility index (Phi) is 6.70. The molecule has 137 valence electrons. The van der Waals surface area contributed by atoms with Crippen LogP contribution in [0.4, 0.5) is 0 Å². The van der Waals surface area contributed by atoms with Crippen LogP contribution >= 0.6 is 11.1 Å². The number of rotatable bonds is 3. The van der Waals surface area contributed by atoms with Gasteiger partial charge in [-0.05, 0) is 0 Å². The summed E-state index contributed by atoms with van der Waals surface area (Å²) in [6, 6.07) is 8.20. The van der Waals surface area contributed by atoms with E-state index in [1.54, 1.807) is 51.8 Å². The molecule has 0 saturated carbocycles. The molecular formula is C21H24Cl3SiZr. The van der Waals surface area contributed by atoms with Crippen LogP contribution in [-0.4, -0.2) is 7.38 Å². The fraction of sp³-hybridized carbons (Fsp3) is 0.429. The first-order valence-electron chi connectivity index (χ1n) is 9.01. The Morgan fingerprint density at radius 3 is 2.31 bits per heavy atom. The van der Waals surface area contributed by atoms with Gasteiger partial charge >= 0.3 is 167 Å². The molecule has 0 spiro atoms. The molecule has 26 heavy (non-hydrogen) atoms. The average Bonchev–Trinajstić information content (AvgIpc) is 2.94. The van der Waals surface area contributed by atoms with Crippen LogP contribution in [0.2, 0.25) is 6.04 Å². The molecule has 1 heterocycles. The van der Waals surface area contributed by atoms with Gasteiger partial charge in [-0.15, -0.1) is 0 Å². The van der Waals surface area contributed by atoms with Gasteiger partial charge in [0.15, 0.2) is 0 Å². The minimum Gasteiger partial charge on any atom is -1.00 e. The molecule has 3 aliphatic rings. The number of halogens is 3. The first-order chi connectivity index (χ1) is 11.3. The second-order valence-electron chi connectivity index (χ2n) is 7.61. The van der Waals surface area contributed by atoms with E-state index in [9.17, 15) is 0 Å². The van der Waals surface area contributed by atoms with Crippen molar-refractivity contribution in [3.63, 3.8) is 0 Å². The van der Waals surface area contributed by atoms with E-state index in [1.807, 2.05) is 0 Å². The van der Waals surface area contributed by atoms with Crippen LogP contribution in [0.5, 0.6) is 0 Å². The largest absolute Gasteiger partial charge is 1.00 e. The van der Waals surface area contributed by atoms with Crippen LogP contribution in [0.25, 0.3) is 10.8 Å². The van der Waals surface area contributed by atoms with E-state index in [4.69, 9.17) is 11.1 Å². The summed E-state index contributed by atoms with van der Waals surface area (Å²) in [4.78, 5) is 0. The Hall–Kier alpha value is 0.410. The monoisotopic (exact) mass is 499 g/mol. The van der Waals surface area contributed by atoms with Crippen molar-refractivity contribution in [1.29, 1.82) is 0 Å². The summed E-state index contributed by atoms with van der Waals surface area (Å²) in [5.74, 6) is 0.528. The molecule has 0 saturated heterocycles. The molecule has 5 heteroatoms. The maximum absolute atomic E-state index is 7.20. The van der Waals surface area contributed by atoms with Crippen molar-refractivity contribution in [2.75, 3.05) is 0 Å². The third-order valence-electron chi connectivity index (χ3n) is 6.50. The van der Waals surface area contributed by atoms with E-state index < -0.39 is 7.38 Å². The van der Waals surface area contributed by atoms with E-state index in [-0.39, 0.29) is 24.8 Å². The second kappa shape index (κ2) is 7.68. The predicted octanol–water partition coefficient (Wildman–Crippen LogP) is 0.496. The van der Waals surface area contributed by atoms with E-state index in [0.29, 0.717) is 9.54 Å². The Bertz CT molecular complexity index is 868. The summed E-state index contributed by atoms with van der Waals surface area (Å²) in [6.07, 6.45) is 1.21. The molecule has 1 aromatic carbocycles. The molecule has 0 bridgehead atoms. The van der Waals surface area contributed by atoms with Crippen LogP contribution in [0.3, 0.4) is 0 Å². The smallest absolute Gasteiger partial charge is 1.00 e. The van der Waals surface area contributed by atoms with E-state index in [2.05, 4.69) is 52.8 Å². The normalized spacial score (nSPS) is 28.8. The summed E-state index contributed by atoms with van der Waals surface area (Å²) in [5, 5.41) is 3.30. The second-order valence-corrected chi connectivity index (χ2v) is 14.1. The maximum Gasteiger partial charge on any atom is -1.00 e. The summed E-state index contributed by atoms with van der Waals surface area (Å²) in [7, 11) is -1.74. The van der Waals surface area contributed by atoms with Crippen molar-refractivity contribution >= 4 is 29.2 Å². The van der Waals surface area contributed by atoms with Gasteiger partial charge in [0.05, 0.1) is 0 Å². The van der Waals surface area contributed by atoms with Crippen molar-refractivity contribution in [3.05, 3.63) is 56.8 Å². The van der Waals surface area contributed by atoms with Crippen molar-refractivity contribution in [1.82, 2.24) is 0 Å². The summed E-state index contributed by atoms with van der Waals surface area (Å²) in [5.41, 5.74) is 10.6. The van der Waals surface area contributed by atoms with Crippen molar-refractivity contribution in [2.24, 2.45) is 5.92 Å². The molecular weight excluding hydrogens is 478 g/mol. The molecule has 3 unspecified atom stereocenters. The molecule has 0 nitrogen and oxygen atoms in total. The molecule has 4 rings (SSSR count). The van der Waals surface area contributed by atoms with Gasteiger partial charge in [-0.25, -0.2) is 0 Å². The minimum atomic E-state index is -1.74. The minimum absolute atomic E-state index is 0. The average molecular weight is 502 g/mol.